The Morgan fingerprint density at radius 2 is 1.97 bits per heavy atom. The van der Waals surface area contributed by atoms with Gasteiger partial charge in [0.05, 0.1) is 30.4 Å². The van der Waals surface area contributed by atoms with E-state index in [0.717, 1.165) is 35.4 Å². The average molecular weight is 515 g/mol. The fourth-order valence-corrected chi connectivity index (χ4v) is 4.89. The lowest BCUT2D eigenvalue weighted by molar-refractivity contribution is -0.153. The highest BCUT2D eigenvalue weighted by Crippen LogP contribution is 2.32. The number of carbonyl (C=O) groups is 1. The molecule has 4 heterocycles. The number of aryl methyl sites for hydroxylation is 3. The Balaban J connectivity index is 1.61. The second kappa shape index (κ2) is 10.9. The van der Waals surface area contributed by atoms with Crippen molar-refractivity contribution in [2.75, 3.05) is 13.1 Å². The first-order valence-corrected chi connectivity index (χ1v) is 12.5. The summed E-state index contributed by atoms with van der Waals surface area (Å²) in [5.41, 5.74) is 4.28. The van der Waals surface area contributed by atoms with Gasteiger partial charge < -0.3 is 9.67 Å². The molecule has 11 heteroatoms. The van der Waals surface area contributed by atoms with E-state index in [1.807, 2.05) is 25.3 Å². The van der Waals surface area contributed by atoms with Crippen molar-refractivity contribution in [2.24, 2.45) is 13.0 Å². The molecule has 0 radical (unpaired) electrons. The van der Waals surface area contributed by atoms with Crippen molar-refractivity contribution in [1.82, 2.24) is 29.4 Å². The van der Waals surface area contributed by atoms with E-state index in [-0.39, 0.29) is 25.2 Å². The minimum absolute atomic E-state index is 0.0655. The lowest BCUT2D eigenvalue weighted by Gasteiger charge is -2.36. The first kappa shape index (κ1) is 26.6. The first-order chi connectivity index (χ1) is 17.6. The Hall–Kier alpha value is -3.47. The Morgan fingerprint density at radius 3 is 2.68 bits per heavy atom. The number of likely N-dealkylation sites (tertiary alicyclic amines) is 1. The van der Waals surface area contributed by atoms with Gasteiger partial charge in [-0.15, -0.1) is 5.10 Å². The van der Waals surface area contributed by atoms with E-state index in [1.165, 1.54) is 4.90 Å². The number of rotatable bonds is 9. The lowest BCUT2D eigenvalue weighted by Crippen LogP contribution is -2.48. The van der Waals surface area contributed by atoms with Crippen LogP contribution in [0.15, 0.2) is 35.3 Å². The molecular formula is C26H32F2N6O3. The zero-order valence-corrected chi connectivity index (χ0v) is 21.3. The number of carboxylic acids is 1. The Labute approximate surface area is 213 Å². The maximum Gasteiger partial charge on any atom is 0.308 e. The number of piperidine rings is 1. The van der Waals surface area contributed by atoms with Gasteiger partial charge in [-0.25, -0.2) is 13.5 Å². The van der Waals surface area contributed by atoms with Gasteiger partial charge in [0.1, 0.15) is 5.69 Å². The summed E-state index contributed by atoms with van der Waals surface area (Å²) in [6.07, 6.45) is 3.62. The molecule has 0 aromatic carbocycles. The number of nitrogens with zero attached hydrogens (tertiary/aromatic N) is 6. The van der Waals surface area contributed by atoms with Crippen LogP contribution >= 0.6 is 0 Å². The summed E-state index contributed by atoms with van der Waals surface area (Å²) in [4.78, 5) is 30.2. The van der Waals surface area contributed by atoms with Crippen LogP contribution in [-0.4, -0.2) is 59.5 Å². The van der Waals surface area contributed by atoms with Gasteiger partial charge in [-0.05, 0) is 30.0 Å². The van der Waals surface area contributed by atoms with Gasteiger partial charge in [0, 0.05) is 44.5 Å². The molecule has 1 saturated heterocycles. The van der Waals surface area contributed by atoms with E-state index in [2.05, 4.69) is 17.2 Å². The maximum atomic E-state index is 14.2. The lowest BCUT2D eigenvalue weighted by atomic mass is 9.94. The fraction of sp³-hybridized carbons (Fsp3) is 0.500. The van der Waals surface area contributed by atoms with Gasteiger partial charge in [-0.2, -0.15) is 0 Å². The smallest absolute Gasteiger partial charge is 0.308 e. The van der Waals surface area contributed by atoms with Crippen molar-refractivity contribution in [3.05, 3.63) is 63.3 Å². The predicted octanol–water partition coefficient (Wildman–Crippen LogP) is 3.14. The van der Waals surface area contributed by atoms with Crippen LogP contribution < -0.4 is 5.56 Å². The summed E-state index contributed by atoms with van der Waals surface area (Å²) >= 11 is 0. The van der Waals surface area contributed by atoms with Crippen LogP contribution in [0.2, 0.25) is 0 Å². The van der Waals surface area contributed by atoms with Crippen molar-refractivity contribution in [3.8, 4) is 11.4 Å². The number of pyridine rings is 2. The number of aromatic nitrogens is 5. The van der Waals surface area contributed by atoms with E-state index in [1.54, 1.807) is 28.4 Å². The van der Waals surface area contributed by atoms with Gasteiger partial charge in [0.25, 0.3) is 11.5 Å². The van der Waals surface area contributed by atoms with Gasteiger partial charge in [-0.3, -0.25) is 19.5 Å². The van der Waals surface area contributed by atoms with Gasteiger partial charge in [0.15, 0.2) is 0 Å². The van der Waals surface area contributed by atoms with E-state index in [9.17, 15) is 23.5 Å². The molecule has 0 aliphatic carbocycles. The zero-order valence-electron chi connectivity index (χ0n) is 21.3. The Morgan fingerprint density at radius 1 is 1.19 bits per heavy atom. The minimum Gasteiger partial charge on any atom is -0.481 e. The predicted molar refractivity (Wildman–Crippen MR) is 133 cm³/mol. The second-order valence-electron chi connectivity index (χ2n) is 9.68. The summed E-state index contributed by atoms with van der Waals surface area (Å²) < 4.78 is 31.6. The van der Waals surface area contributed by atoms with Crippen molar-refractivity contribution in [1.29, 1.82) is 0 Å². The first-order valence-electron chi connectivity index (χ1n) is 12.5. The molecule has 0 bridgehead atoms. The summed E-state index contributed by atoms with van der Waals surface area (Å²) in [6, 6.07) is 7.01. The SMILES string of the molecule is CCCc1ccc(=O)n(Cc2c(-c3ccc(CN4C[C@@H](C(=O)O)CC(F)(F)C4)c(CC)n3)nnn2C)c1. The van der Waals surface area contributed by atoms with Crippen LogP contribution in [0, 0.1) is 5.92 Å². The summed E-state index contributed by atoms with van der Waals surface area (Å²) in [5.74, 6) is -5.37. The number of halogens is 2. The Bertz CT molecular complexity index is 1340. The highest BCUT2D eigenvalue weighted by molar-refractivity contribution is 5.70. The zero-order chi connectivity index (χ0) is 26.7. The molecule has 1 N–H and O–H groups in total. The number of hydrogen-bond donors (Lipinski definition) is 1. The molecule has 3 aromatic heterocycles. The van der Waals surface area contributed by atoms with E-state index in [4.69, 9.17) is 4.98 Å². The second-order valence-corrected chi connectivity index (χ2v) is 9.68. The van der Waals surface area contributed by atoms with Crippen molar-refractivity contribution < 1.29 is 18.7 Å². The molecule has 1 fully saturated rings. The topological polar surface area (TPSA) is 106 Å². The molecule has 37 heavy (non-hydrogen) atoms. The molecule has 0 saturated carbocycles. The van der Waals surface area contributed by atoms with E-state index < -0.39 is 30.8 Å². The number of hydrogen-bond acceptors (Lipinski definition) is 6. The molecule has 4 rings (SSSR count). The van der Waals surface area contributed by atoms with Crippen LogP contribution in [0.4, 0.5) is 8.78 Å². The van der Waals surface area contributed by atoms with Crippen molar-refractivity contribution in [3.63, 3.8) is 0 Å². The van der Waals surface area contributed by atoms with Gasteiger partial charge >= 0.3 is 5.97 Å². The molecule has 3 aromatic rings. The summed E-state index contributed by atoms with van der Waals surface area (Å²) in [6.45, 7) is 4.05. The monoisotopic (exact) mass is 514 g/mol. The molecule has 0 unspecified atom stereocenters. The number of alkyl halides is 2. The summed E-state index contributed by atoms with van der Waals surface area (Å²) in [5, 5.41) is 17.8. The Kier molecular flexibility index (Phi) is 7.82. The molecule has 0 amide bonds. The van der Waals surface area contributed by atoms with E-state index >= 15 is 0 Å². The largest absolute Gasteiger partial charge is 0.481 e. The molecule has 198 valence electrons. The van der Waals surface area contributed by atoms with Crippen LogP contribution in [-0.2, 0) is 37.8 Å². The molecule has 1 atom stereocenters. The highest BCUT2D eigenvalue weighted by Gasteiger charge is 2.43. The third kappa shape index (κ3) is 6.10. The van der Waals surface area contributed by atoms with Crippen LogP contribution in [0.25, 0.3) is 11.4 Å². The fourth-order valence-electron chi connectivity index (χ4n) is 4.89. The molecule has 1 aliphatic rings. The summed E-state index contributed by atoms with van der Waals surface area (Å²) in [7, 11) is 1.76. The standard InChI is InChI=1S/C26H32F2N6O3/c1-4-6-17-7-10-23(35)34(12-17)15-22-24(30-31-32(22)3)21-9-8-18(20(5-2)29-21)13-33-14-19(25(36)37)11-26(27,28)16-33/h7-10,12,19H,4-6,11,13-16H2,1-3H3,(H,36,37)/t19-/m0/s1. The third-order valence-corrected chi connectivity index (χ3v) is 6.71. The van der Waals surface area contributed by atoms with E-state index in [0.29, 0.717) is 17.8 Å². The minimum atomic E-state index is -3.05. The van der Waals surface area contributed by atoms with Gasteiger partial charge in [-0.1, -0.05) is 37.6 Å². The quantitative estimate of drug-likeness (QED) is 0.468. The molecule has 1 aliphatic heterocycles. The van der Waals surface area contributed by atoms with Gasteiger partial charge in [0.2, 0.25) is 0 Å². The average Bonchev–Trinajstić information content (AvgIpc) is 3.20. The van der Waals surface area contributed by atoms with Crippen LogP contribution in [0.1, 0.15) is 49.2 Å². The third-order valence-electron chi connectivity index (χ3n) is 6.71. The van der Waals surface area contributed by atoms with Crippen LogP contribution in [0.5, 0.6) is 0 Å². The van der Waals surface area contributed by atoms with Crippen molar-refractivity contribution >= 4 is 5.97 Å². The normalized spacial score (nSPS) is 17.7. The molecular weight excluding hydrogens is 482 g/mol. The molecule has 0 spiro atoms. The van der Waals surface area contributed by atoms with Crippen LogP contribution in [0.3, 0.4) is 0 Å². The number of carboxylic acid groups (broad SMARTS) is 1. The maximum absolute atomic E-state index is 14.2. The van der Waals surface area contributed by atoms with Crippen molar-refractivity contribution in [2.45, 2.75) is 58.5 Å². The highest BCUT2D eigenvalue weighted by atomic mass is 19.3. The molecule has 9 nitrogen and oxygen atoms in total. The number of aliphatic carboxylic acids is 1.